The van der Waals surface area contributed by atoms with Gasteiger partial charge in [-0.15, -0.1) is 0 Å². The number of piperidine rings is 1. The summed E-state index contributed by atoms with van der Waals surface area (Å²) in [5, 5.41) is 0.703. The molecule has 0 bridgehead atoms. The molecule has 0 aliphatic carbocycles. The van der Waals surface area contributed by atoms with E-state index in [-0.39, 0.29) is 23.6 Å². The molecule has 3 heterocycles. The van der Waals surface area contributed by atoms with E-state index in [0.717, 1.165) is 71.5 Å². The lowest BCUT2D eigenvalue weighted by molar-refractivity contribution is -0.133. The Hall–Kier alpha value is -2.84. The van der Waals surface area contributed by atoms with Crippen molar-refractivity contribution in [1.29, 1.82) is 0 Å². The van der Waals surface area contributed by atoms with Gasteiger partial charge in [-0.2, -0.15) is 0 Å². The molecule has 3 amide bonds. The Bertz CT molecular complexity index is 1360. The van der Waals surface area contributed by atoms with Crippen molar-refractivity contribution in [3.63, 3.8) is 0 Å². The first kappa shape index (κ1) is 25.8. The summed E-state index contributed by atoms with van der Waals surface area (Å²) in [6.07, 6.45) is 7.33. The molecule has 2 aromatic carbocycles. The first-order valence-corrected chi connectivity index (χ1v) is 14.4. The lowest BCUT2D eigenvalue weighted by atomic mass is 9.99. The zero-order valence-corrected chi connectivity index (χ0v) is 23.3. The Kier molecular flexibility index (Phi) is 7.86. The van der Waals surface area contributed by atoms with Crippen molar-refractivity contribution in [3.05, 3.63) is 75.2 Å². The number of rotatable bonds is 7. The highest BCUT2D eigenvalue weighted by molar-refractivity contribution is 9.10. The SMILES string of the molecule is CC1CCN(C(=O)Cn2cc(/C=C3\SC(=O)N(CCCc4ccccc4)C3=O)c3cc(Br)ccc32)CC1. The van der Waals surface area contributed by atoms with E-state index in [9.17, 15) is 14.4 Å². The Balaban J connectivity index is 1.34. The number of aromatic nitrogens is 1. The summed E-state index contributed by atoms with van der Waals surface area (Å²) < 4.78 is 2.87. The van der Waals surface area contributed by atoms with Gasteiger partial charge in [-0.05, 0) is 73.2 Å². The molecule has 0 unspecified atom stereocenters. The lowest BCUT2D eigenvalue weighted by Gasteiger charge is -2.30. The maximum Gasteiger partial charge on any atom is 0.293 e. The second kappa shape index (κ2) is 11.3. The van der Waals surface area contributed by atoms with Gasteiger partial charge >= 0.3 is 0 Å². The molecule has 0 atom stereocenters. The summed E-state index contributed by atoms with van der Waals surface area (Å²) >= 11 is 4.53. The molecular formula is C29H30BrN3O3S. The third kappa shape index (κ3) is 5.85. The maximum atomic E-state index is 13.1. The van der Waals surface area contributed by atoms with E-state index >= 15 is 0 Å². The molecule has 2 saturated heterocycles. The summed E-state index contributed by atoms with van der Waals surface area (Å²) in [7, 11) is 0. The van der Waals surface area contributed by atoms with E-state index in [1.807, 2.05) is 52.1 Å². The average molecular weight is 581 g/mol. The second-order valence-corrected chi connectivity index (χ2v) is 11.8. The first-order valence-electron chi connectivity index (χ1n) is 12.7. The summed E-state index contributed by atoms with van der Waals surface area (Å²) in [5.74, 6) is 0.517. The van der Waals surface area contributed by atoms with Gasteiger partial charge in [-0.1, -0.05) is 53.2 Å². The number of imide groups is 1. The van der Waals surface area contributed by atoms with Gasteiger partial charge in [-0.25, -0.2) is 0 Å². The van der Waals surface area contributed by atoms with Gasteiger partial charge in [0.1, 0.15) is 6.54 Å². The predicted molar refractivity (Wildman–Crippen MR) is 152 cm³/mol. The van der Waals surface area contributed by atoms with Gasteiger partial charge in [-0.3, -0.25) is 19.3 Å². The Morgan fingerprint density at radius 2 is 1.86 bits per heavy atom. The number of halogens is 1. The minimum atomic E-state index is -0.252. The molecule has 0 radical (unpaired) electrons. The van der Waals surface area contributed by atoms with Crippen LogP contribution in [0, 0.1) is 5.92 Å². The zero-order chi connectivity index (χ0) is 25.9. The van der Waals surface area contributed by atoms with Crippen LogP contribution in [0.25, 0.3) is 17.0 Å². The third-order valence-corrected chi connectivity index (χ3v) is 8.57. The van der Waals surface area contributed by atoms with Gasteiger partial charge in [0.15, 0.2) is 0 Å². The number of carbonyl (C=O) groups is 3. The average Bonchev–Trinajstić information content (AvgIpc) is 3.35. The topological polar surface area (TPSA) is 62.6 Å². The minimum absolute atomic E-state index is 0.108. The van der Waals surface area contributed by atoms with Crippen molar-refractivity contribution in [1.82, 2.24) is 14.4 Å². The molecule has 192 valence electrons. The van der Waals surface area contributed by atoms with E-state index in [0.29, 0.717) is 17.4 Å². The van der Waals surface area contributed by atoms with Gasteiger partial charge < -0.3 is 9.47 Å². The first-order chi connectivity index (χ1) is 17.9. The van der Waals surface area contributed by atoms with Gasteiger partial charge in [0.05, 0.1) is 4.91 Å². The molecule has 0 N–H and O–H groups in total. The molecule has 2 fully saturated rings. The van der Waals surface area contributed by atoms with E-state index in [2.05, 4.69) is 35.0 Å². The molecule has 2 aliphatic rings. The van der Waals surface area contributed by atoms with Crippen LogP contribution in [0.4, 0.5) is 4.79 Å². The molecule has 3 aromatic rings. The fourth-order valence-corrected chi connectivity index (χ4v) is 6.18. The fourth-order valence-electron chi connectivity index (χ4n) is 4.97. The molecule has 8 heteroatoms. The van der Waals surface area contributed by atoms with Crippen molar-refractivity contribution in [2.24, 2.45) is 5.92 Å². The van der Waals surface area contributed by atoms with E-state index in [1.54, 1.807) is 6.08 Å². The van der Waals surface area contributed by atoms with Crippen molar-refractivity contribution >= 4 is 61.7 Å². The smallest absolute Gasteiger partial charge is 0.293 e. The number of aryl methyl sites for hydroxylation is 1. The molecule has 0 saturated carbocycles. The van der Waals surface area contributed by atoms with Crippen molar-refractivity contribution in [2.45, 2.75) is 39.2 Å². The highest BCUT2D eigenvalue weighted by Crippen LogP contribution is 2.35. The van der Waals surface area contributed by atoms with Crippen LogP contribution >= 0.6 is 27.7 Å². The molecule has 6 nitrogen and oxygen atoms in total. The van der Waals surface area contributed by atoms with Crippen LogP contribution in [0.5, 0.6) is 0 Å². The lowest BCUT2D eigenvalue weighted by Crippen LogP contribution is -2.39. The Morgan fingerprint density at radius 3 is 2.62 bits per heavy atom. The van der Waals surface area contributed by atoms with Crippen molar-refractivity contribution in [2.75, 3.05) is 19.6 Å². The molecular weight excluding hydrogens is 550 g/mol. The third-order valence-electron chi connectivity index (χ3n) is 7.17. The summed E-state index contributed by atoms with van der Waals surface area (Å²) in [6.45, 7) is 4.48. The van der Waals surface area contributed by atoms with E-state index < -0.39 is 0 Å². The molecule has 37 heavy (non-hydrogen) atoms. The van der Waals surface area contributed by atoms with E-state index in [1.165, 1.54) is 10.5 Å². The van der Waals surface area contributed by atoms with Crippen LogP contribution < -0.4 is 0 Å². The summed E-state index contributed by atoms with van der Waals surface area (Å²) in [6, 6.07) is 16.0. The highest BCUT2D eigenvalue weighted by Gasteiger charge is 2.34. The van der Waals surface area contributed by atoms with Gasteiger partial charge in [0.25, 0.3) is 11.1 Å². The number of thioether (sulfide) groups is 1. The number of benzene rings is 2. The van der Waals surface area contributed by atoms with Crippen LogP contribution in [0.3, 0.4) is 0 Å². The number of nitrogens with zero attached hydrogens (tertiary/aromatic N) is 3. The monoisotopic (exact) mass is 579 g/mol. The number of carbonyl (C=O) groups excluding carboxylic acids is 3. The van der Waals surface area contributed by atoms with Crippen LogP contribution in [-0.4, -0.2) is 51.1 Å². The fraction of sp³-hybridized carbons (Fsp3) is 0.345. The van der Waals surface area contributed by atoms with Crippen LogP contribution in [0.1, 0.15) is 37.3 Å². The van der Waals surface area contributed by atoms with Crippen LogP contribution in [-0.2, 0) is 22.6 Å². The Morgan fingerprint density at radius 1 is 1.11 bits per heavy atom. The number of fused-ring (bicyclic) bond motifs is 1. The number of amides is 3. The van der Waals surface area contributed by atoms with Crippen LogP contribution in [0.15, 0.2) is 64.1 Å². The number of likely N-dealkylation sites (tertiary alicyclic amines) is 1. The molecule has 0 spiro atoms. The Labute approximate surface area is 229 Å². The quantitative estimate of drug-likeness (QED) is 0.307. The molecule has 2 aliphatic heterocycles. The standard InChI is InChI=1S/C29H30BrN3O3S/c1-20-11-14-31(15-12-20)27(34)19-32-18-22(24-17-23(30)9-10-25(24)32)16-26-28(35)33(29(36)37-26)13-5-8-21-6-3-2-4-7-21/h2-4,6-7,9-10,16-18,20H,5,8,11-15,19H2,1H3/b26-16-. The predicted octanol–water partition coefficient (Wildman–Crippen LogP) is 6.33. The summed E-state index contributed by atoms with van der Waals surface area (Å²) in [5.41, 5.74) is 2.94. The zero-order valence-electron chi connectivity index (χ0n) is 20.9. The largest absolute Gasteiger partial charge is 0.341 e. The van der Waals surface area contributed by atoms with Gasteiger partial charge in [0, 0.05) is 46.8 Å². The summed E-state index contributed by atoms with van der Waals surface area (Å²) in [4.78, 5) is 42.5. The molecule has 1 aromatic heterocycles. The minimum Gasteiger partial charge on any atom is -0.341 e. The highest BCUT2D eigenvalue weighted by atomic mass is 79.9. The number of hydrogen-bond acceptors (Lipinski definition) is 4. The molecule has 5 rings (SSSR count). The van der Waals surface area contributed by atoms with E-state index in [4.69, 9.17) is 0 Å². The van der Waals surface area contributed by atoms with Crippen LogP contribution in [0.2, 0.25) is 0 Å². The second-order valence-electron chi connectivity index (χ2n) is 9.86. The van der Waals surface area contributed by atoms with Gasteiger partial charge in [0.2, 0.25) is 5.91 Å². The normalized spacial score (nSPS) is 17.9. The van der Waals surface area contributed by atoms with Crippen molar-refractivity contribution < 1.29 is 14.4 Å². The van der Waals surface area contributed by atoms with Crippen molar-refractivity contribution in [3.8, 4) is 0 Å². The number of hydrogen-bond donors (Lipinski definition) is 0. The maximum absolute atomic E-state index is 13.1.